The Morgan fingerprint density at radius 2 is 1.93 bits per heavy atom. The van der Waals surface area contributed by atoms with Crippen LogP contribution in [0.4, 0.5) is 4.39 Å². The molecular formula is C21H31FIN5O. The number of likely N-dealkylation sites (tertiary alicyclic amines) is 1. The molecule has 0 bridgehead atoms. The fraction of sp³-hybridized carbons (Fsp3) is 0.524. The number of halogens is 2. The predicted molar refractivity (Wildman–Crippen MR) is 125 cm³/mol. The van der Waals surface area contributed by atoms with Gasteiger partial charge in [-0.1, -0.05) is 6.42 Å². The third-order valence-electron chi connectivity index (χ3n) is 4.80. The molecule has 160 valence electrons. The largest absolute Gasteiger partial charge is 0.444 e. The molecule has 2 heterocycles. The fourth-order valence-corrected chi connectivity index (χ4v) is 3.28. The van der Waals surface area contributed by atoms with Crippen molar-refractivity contribution >= 4 is 29.9 Å². The normalized spacial score (nSPS) is 15.0. The van der Waals surface area contributed by atoms with Gasteiger partial charge in [0, 0.05) is 31.6 Å². The summed E-state index contributed by atoms with van der Waals surface area (Å²) in [5, 5.41) is 6.64. The summed E-state index contributed by atoms with van der Waals surface area (Å²) in [6.45, 7) is 7.81. The molecule has 2 aromatic rings. The number of hydrogen-bond acceptors (Lipinski definition) is 4. The monoisotopic (exact) mass is 515 g/mol. The van der Waals surface area contributed by atoms with Crippen LogP contribution >= 0.6 is 24.0 Å². The number of aromatic nitrogens is 1. The number of nitrogens with zero attached hydrogens (tertiary/aromatic N) is 3. The van der Waals surface area contributed by atoms with Crippen LogP contribution < -0.4 is 10.6 Å². The van der Waals surface area contributed by atoms with Crippen LogP contribution in [0.2, 0.25) is 0 Å². The molecule has 0 unspecified atom stereocenters. The number of hydrogen-bond donors (Lipinski definition) is 2. The Balaban J connectivity index is 0.00000300. The minimum atomic E-state index is -0.268. The average Bonchev–Trinajstić information content (AvgIpc) is 3.18. The summed E-state index contributed by atoms with van der Waals surface area (Å²) in [4.78, 5) is 11.6. The van der Waals surface area contributed by atoms with E-state index >= 15 is 0 Å². The number of benzene rings is 1. The lowest BCUT2D eigenvalue weighted by molar-refractivity contribution is 0.235. The molecule has 29 heavy (non-hydrogen) atoms. The smallest absolute Gasteiger partial charge is 0.226 e. The van der Waals surface area contributed by atoms with E-state index in [0.29, 0.717) is 12.4 Å². The number of oxazole rings is 1. The molecule has 1 aliphatic heterocycles. The van der Waals surface area contributed by atoms with Gasteiger partial charge in [-0.15, -0.1) is 24.0 Å². The second kappa shape index (κ2) is 12.8. The van der Waals surface area contributed by atoms with Gasteiger partial charge in [0.2, 0.25) is 5.89 Å². The SMILES string of the molecule is CCNC(=NCCN1CCCCC1)NCCc1coc(-c2ccc(F)cc2)n1.I. The molecule has 1 aliphatic rings. The van der Waals surface area contributed by atoms with E-state index in [-0.39, 0.29) is 29.8 Å². The number of piperidine rings is 1. The molecule has 1 aromatic carbocycles. The maximum absolute atomic E-state index is 13.0. The Bertz CT molecular complexity index is 744. The van der Waals surface area contributed by atoms with Crippen molar-refractivity contribution in [2.45, 2.75) is 32.6 Å². The predicted octanol–water partition coefficient (Wildman–Crippen LogP) is 3.68. The van der Waals surface area contributed by atoms with Gasteiger partial charge in [-0.25, -0.2) is 9.37 Å². The van der Waals surface area contributed by atoms with Gasteiger partial charge < -0.3 is 20.0 Å². The average molecular weight is 515 g/mol. The third kappa shape index (κ3) is 7.93. The molecule has 1 saturated heterocycles. The van der Waals surface area contributed by atoms with Gasteiger partial charge >= 0.3 is 0 Å². The fourth-order valence-electron chi connectivity index (χ4n) is 3.28. The Labute approximate surface area is 189 Å². The van der Waals surface area contributed by atoms with E-state index in [1.54, 1.807) is 18.4 Å². The zero-order valence-corrected chi connectivity index (χ0v) is 19.3. The second-order valence-corrected chi connectivity index (χ2v) is 6.99. The maximum atomic E-state index is 13.0. The van der Waals surface area contributed by atoms with Crippen molar-refractivity contribution in [3.63, 3.8) is 0 Å². The third-order valence-corrected chi connectivity index (χ3v) is 4.80. The highest BCUT2D eigenvalue weighted by molar-refractivity contribution is 14.0. The van der Waals surface area contributed by atoms with Crippen molar-refractivity contribution in [3.8, 4) is 11.5 Å². The number of rotatable bonds is 8. The Hall–Kier alpha value is -1.68. The summed E-state index contributed by atoms with van der Waals surface area (Å²) >= 11 is 0. The quantitative estimate of drug-likeness (QED) is 0.319. The lowest BCUT2D eigenvalue weighted by Crippen LogP contribution is -2.39. The van der Waals surface area contributed by atoms with E-state index in [9.17, 15) is 4.39 Å². The molecule has 0 radical (unpaired) electrons. The Morgan fingerprint density at radius 3 is 2.66 bits per heavy atom. The zero-order chi connectivity index (χ0) is 19.6. The molecule has 2 N–H and O–H groups in total. The maximum Gasteiger partial charge on any atom is 0.226 e. The highest BCUT2D eigenvalue weighted by Crippen LogP contribution is 2.19. The summed E-state index contributed by atoms with van der Waals surface area (Å²) in [5.41, 5.74) is 1.63. The van der Waals surface area contributed by atoms with Crippen LogP contribution in [0.5, 0.6) is 0 Å². The molecule has 0 aliphatic carbocycles. The van der Waals surface area contributed by atoms with E-state index in [2.05, 4.69) is 32.4 Å². The molecule has 1 aromatic heterocycles. The van der Waals surface area contributed by atoms with Crippen molar-refractivity contribution < 1.29 is 8.81 Å². The van der Waals surface area contributed by atoms with Gasteiger partial charge in [-0.2, -0.15) is 0 Å². The molecule has 0 saturated carbocycles. The van der Waals surface area contributed by atoms with E-state index in [4.69, 9.17) is 4.42 Å². The van der Waals surface area contributed by atoms with E-state index in [0.717, 1.165) is 43.3 Å². The van der Waals surface area contributed by atoms with Crippen molar-refractivity contribution in [2.24, 2.45) is 4.99 Å². The van der Waals surface area contributed by atoms with E-state index in [1.165, 1.54) is 44.5 Å². The molecule has 1 fully saturated rings. The van der Waals surface area contributed by atoms with Crippen molar-refractivity contribution in [1.29, 1.82) is 0 Å². The first-order chi connectivity index (χ1) is 13.7. The lowest BCUT2D eigenvalue weighted by atomic mass is 10.1. The molecule has 3 rings (SSSR count). The van der Waals surface area contributed by atoms with Gasteiger partial charge in [-0.3, -0.25) is 4.99 Å². The molecule has 0 spiro atoms. The number of guanidine groups is 1. The Kier molecular flexibility index (Phi) is 10.4. The lowest BCUT2D eigenvalue weighted by Gasteiger charge is -2.25. The van der Waals surface area contributed by atoms with Crippen LogP contribution in [-0.4, -0.2) is 55.1 Å². The second-order valence-electron chi connectivity index (χ2n) is 6.99. The van der Waals surface area contributed by atoms with Gasteiger partial charge in [0.15, 0.2) is 5.96 Å². The summed E-state index contributed by atoms with van der Waals surface area (Å²) in [6, 6.07) is 6.15. The van der Waals surface area contributed by atoms with Crippen LogP contribution in [0.3, 0.4) is 0 Å². The number of aliphatic imine (C=N–C) groups is 1. The van der Waals surface area contributed by atoms with Gasteiger partial charge in [-0.05, 0) is 57.1 Å². The van der Waals surface area contributed by atoms with Crippen molar-refractivity contribution in [2.75, 3.05) is 39.3 Å². The summed E-state index contributed by atoms with van der Waals surface area (Å²) < 4.78 is 18.5. The number of nitrogens with one attached hydrogen (secondary N) is 2. The summed E-state index contributed by atoms with van der Waals surface area (Å²) in [5.74, 6) is 1.08. The Morgan fingerprint density at radius 1 is 1.17 bits per heavy atom. The first kappa shape index (κ1) is 23.6. The first-order valence-corrected chi connectivity index (χ1v) is 10.2. The topological polar surface area (TPSA) is 65.7 Å². The highest BCUT2D eigenvalue weighted by atomic mass is 127. The standard InChI is InChI=1S/C21H30FN5O.HI/c1-2-23-21(25-12-15-27-13-4-3-5-14-27)24-11-10-19-16-28-20(26-19)17-6-8-18(22)9-7-17;/h6-9,16H,2-5,10-15H2,1H3,(H2,23,24,25);1H. The first-order valence-electron chi connectivity index (χ1n) is 10.2. The van der Waals surface area contributed by atoms with Crippen LogP contribution in [0, 0.1) is 5.82 Å². The van der Waals surface area contributed by atoms with Crippen LogP contribution in [0.1, 0.15) is 31.9 Å². The van der Waals surface area contributed by atoms with E-state index in [1.807, 2.05) is 0 Å². The van der Waals surface area contributed by atoms with Crippen LogP contribution in [-0.2, 0) is 6.42 Å². The van der Waals surface area contributed by atoms with Crippen LogP contribution in [0.25, 0.3) is 11.5 Å². The summed E-state index contributed by atoms with van der Waals surface area (Å²) in [6.07, 6.45) is 6.34. The van der Waals surface area contributed by atoms with Gasteiger partial charge in [0.25, 0.3) is 0 Å². The van der Waals surface area contributed by atoms with Gasteiger partial charge in [0.1, 0.15) is 12.1 Å². The molecule has 0 amide bonds. The molecular weight excluding hydrogens is 484 g/mol. The molecule has 0 atom stereocenters. The molecule has 8 heteroatoms. The minimum Gasteiger partial charge on any atom is -0.444 e. The molecule has 6 nitrogen and oxygen atoms in total. The van der Waals surface area contributed by atoms with E-state index < -0.39 is 0 Å². The van der Waals surface area contributed by atoms with Crippen LogP contribution in [0.15, 0.2) is 39.9 Å². The van der Waals surface area contributed by atoms with Crippen molar-refractivity contribution in [1.82, 2.24) is 20.5 Å². The zero-order valence-electron chi connectivity index (χ0n) is 17.0. The van der Waals surface area contributed by atoms with Crippen molar-refractivity contribution in [3.05, 3.63) is 42.0 Å². The van der Waals surface area contributed by atoms with Gasteiger partial charge in [0.05, 0.1) is 12.2 Å². The highest BCUT2D eigenvalue weighted by Gasteiger charge is 2.09. The summed E-state index contributed by atoms with van der Waals surface area (Å²) in [7, 11) is 0. The minimum absolute atomic E-state index is 0.